The number of fused-ring (bicyclic) bond motifs is 9. The maximum atomic E-state index is 4.99. The number of nitrogens with zero attached hydrogens (tertiary/aromatic N) is 4. The van der Waals surface area contributed by atoms with E-state index < -0.39 is 5.41 Å². The van der Waals surface area contributed by atoms with Crippen LogP contribution in [0, 0.1) is 0 Å². The number of benzene rings is 6. The van der Waals surface area contributed by atoms with Gasteiger partial charge in [0.1, 0.15) is 0 Å². The summed E-state index contributed by atoms with van der Waals surface area (Å²) in [6.07, 6.45) is 3.78. The maximum absolute atomic E-state index is 4.99. The predicted molar refractivity (Wildman–Crippen MR) is 208 cm³/mol. The molecular weight excluding hydrogens is 621 g/mol. The molecule has 1 aliphatic carbocycles. The van der Waals surface area contributed by atoms with Gasteiger partial charge < -0.3 is 9.13 Å². The number of aromatic nitrogens is 4. The van der Waals surface area contributed by atoms with Gasteiger partial charge in [-0.1, -0.05) is 97.1 Å². The Morgan fingerprint density at radius 3 is 1.24 bits per heavy atom. The standard InChI is InChI=1S/C47H30N4/c1-3-13-33(14-4-1)50-41-21-9-7-17-35(41)37-29-31(23-25-43(37)50)47(39-19-11-27-48-45(39)46-40(47)20-12-28-49-46)32-24-26-44-38(30-32)36-18-8-10-22-42(36)51(44)34-15-5-2-6-16-34/h1-30H. The molecule has 4 aromatic heterocycles. The zero-order valence-electron chi connectivity index (χ0n) is 27.6. The lowest BCUT2D eigenvalue weighted by Crippen LogP contribution is -2.28. The van der Waals surface area contributed by atoms with Crippen molar-refractivity contribution in [2.75, 3.05) is 0 Å². The number of rotatable bonds is 4. The zero-order valence-corrected chi connectivity index (χ0v) is 27.6. The topological polar surface area (TPSA) is 35.6 Å². The molecule has 6 aromatic carbocycles. The van der Waals surface area contributed by atoms with Crippen molar-refractivity contribution in [3.05, 3.63) is 205 Å². The van der Waals surface area contributed by atoms with E-state index in [2.05, 4.69) is 179 Å². The molecule has 4 heteroatoms. The quantitative estimate of drug-likeness (QED) is 0.190. The van der Waals surface area contributed by atoms with Crippen molar-refractivity contribution in [1.29, 1.82) is 0 Å². The van der Waals surface area contributed by atoms with Gasteiger partial charge in [0.05, 0.1) is 38.9 Å². The maximum Gasteiger partial charge on any atom is 0.0937 e. The van der Waals surface area contributed by atoms with Crippen LogP contribution in [0.5, 0.6) is 0 Å². The highest BCUT2D eigenvalue weighted by atomic mass is 15.0. The molecule has 0 radical (unpaired) electrons. The first-order valence-corrected chi connectivity index (χ1v) is 17.4. The number of pyridine rings is 2. The predicted octanol–water partition coefficient (Wildman–Crippen LogP) is 11.0. The summed E-state index contributed by atoms with van der Waals surface area (Å²) in [7, 11) is 0. The van der Waals surface area contributed by atoms with Crippen molar-refractivity contribution >= 4 is 43.6 Å². The van der Waals surface area contributed by atoms with Crippen LogP contribution in [0.1, 0.15) is 22.3 Å². The first-order chi connectivity index (χ1) is 25.3. The van der Waals surface area contributed by atoms with E-state index in [4.69, 9.17) is 9.97 Å². The van der Waals surface area contributed by atoms with Crippen LogP contribution in [0.4, 0.5) is 0 Å². The Morgan fingerprint density at radius 2 is 0.765 bits per heavy atom. The summed E-state index contributed by atoms with van der Waals surface area (Å²) >= 11 is 0. The molecule has 0 spiro atoms. The van der Waals surface area contributed by atoms with Crippen molar-refractivity contribution in [1.82, 2.24) is 19.1 Å². The van der Waals surface area contributed by atoms with Gasteiger partial charge in [-0.25, -0.2) is 0 Å². The fraction of sp³-hybridized carbons (Fsp3) is 0.0213. The van der Waals surface area contributed by atoms with Crippen LogP contribution >= 0.6 is 0 Å². The van der Waals surface area contributed by atoms with Crippen molar-refractivity contribution in [2.45, 2.75) is 5.41 Å². The highest BCUT2D eigenvalue weighted by molar-refractivity contribution is 6.11. The fourth-order valence-electron chi connectivity index (χ4n) is 8.85. The Bertz CT molecular complexity index is 2770. The monoisotopic (exact) mass is 650 g/mol. The second-order valence-corrected chi connectivity index (χ2v) is 13.4. The van der Waals surface area contributed by atoms with Crippen LogP contribution in [-0.4, -0.2) is 19.1 Å². The molecule has 0 fully saturated rings. The van der Waals surface area contributed by atoms with Crippen LogP contribution in [0.3, 0.4) is 0 Å². The second-order valence-electron chi connectivity index (χ2n) is 13.4. The van der Waals surface area contributed by atoms with E-state index in [0.29, 0.717) is 0 Å². The van der Waals surface area contributed by atoms with Gasteiger partial charge in [0.15, 0.2) is 0 Å². The molecule has 0 unspecified atom stereocenters. The minimum absolute atomic E-state index is 0.651. The van der Waals surface area contributed by atoms with Gasteiger partial charge in [-0.05, 0) is 95.1 Å². The molecule has 0 saturated carbocycles. The molecule has 10 aromatic rings. The Hall–Kier alpha value is -6.78. The number of hydrogen-bond acceptors (Lipinski definition) is 2. The summed E-state index contributed by atoms with van der Waals surface area (Å²) < 4.78 is 4.76. The van der Waals surface area contributed by atoms with Crippen LogP contribution < -0.4 is 0 Å². The highest BCUT2D eigenvalue weighted by Crippen LogP contribution is 2.56. The smallest absolute Gasteiger partial charge is 0.0937 e. The Morgan fingerprint density at radius 1 is 0.353 bits per heavy atom. The molecule has 0 atom stereocenters. The van der Waals surface area contributed by atoms with E-state index >= 15 is 0 Å². The normalized spacial score (nSPS) is 13.3. The molecule has 4 nitrogen and oxygen atoms in total. The van der Waals surface area contributed by atoms with E-state index in [-0.39, 0.29) is 0 Å². The Labute approximate surface area is 294 Å². The largest absolute Gasteiger partial charge is 0.309 e. The van der Waals surface area contributed by atoms with E-state index in [9.17, 15) is 0 Å². The molecule has 238 valence electrons. The van der Waals surface area contributed by atoms with Crippen molar-refractivity contribution < 1.29 is 0 Å². The molecular formula is C47H30N4. The summed E-state index contributed by atoms with van der Waals surface area (Å²) in [6.45, 7) is 0. The second kappa shape index (κ2) is 10.6. The SMILES string of the molecule is c1ccc(-n2c3ccccc3c3cc(C4(c5ccc6c(c5)c5ccccc5n6-c5ccccc5)c5cccnc5-c5ncccc54)ccc32)cc1. The third-order valence-corrected chi connectivity index (χ3v) is 10.9. The molecule has 0 amide bonds. The van der Waals surface area contributed by atoms with E-state index in [1.807, 2.05) is 12.4 Å². The summed E-state index contributed by atoms with van der Waals surface area (Å²) in [4.78, 5) is 9.98. The van der Waals surface area contributed by atoms with Crippen LogP contribution in [0.15, 0.2) is 182 Å². The van der Waals surface area contributed by atoms with Crippen LogP contribution in [0.2, 0.25) is 0 Å². The highest BCUT2D eigenvalue weighted by Gasteiger charge is 2.48. The molecule has 11 rings (SSSR count). The van der Waals surface area contributed by atoms with Gasteiger partial charge in [0, 0.05) is 45.3 Å². The lowest BCUT2D eigenvalue weighted by Gasteiger charge is -2.33. The summed E-state index contributed by atoms with van der Waals surface area (Å²) in [5.41, 5.74) is 12.9. The minimum atomic E-state index is -0.651. The first-order valence-electron chi connectivity index (χ1n) is 17.4. The lowest BCUT2D eigenvalue weighted by atomic mass is 9.67. The summed E-state index contributed by atoms with van der Waals surface area (Å²) in [5, 5.41) is 4.89. The minimum Gasteiger partial charge on any atom is -0.309 e. The van der Waals surface area contributed by atoms with Crippen LogP contribution in [0.25, 0.3) is 66.4 Å². The Balaban J connectivity index is 1.26. The molecule has 51 heavy (non-hydrogen) atoms. The molecule has 0 bridgehead atoms. The average molecular weight is 651 g/mol. The summed E-state index contributed by atoms with van der Waals surface area (Å²) in [5.74, 6) is 0. The van der Waals surface area contributed by atoms with E-state index in [1.54, 1.807) is 0 Å². The van der Waals surface area contributed by atoms with Gasteiger partial charge in [0.2, 0.25) is 0 Å². The van der Waals surface area contributed by atoms with Gasteiger partial charge in [-0.3, -0.25) is 9.97 Å². The Kier molecular flexibility index (Phi) is 5.84. The van der Waals surface area contributed by atoms with Gasteiger partial charge >= 0.3 is 0 Å². The first kappa shape index (κ1) is 28.1. The van der Waals surface area contributed by atoms with Crippen molar-refractivity contribution in [3.63, 3.8) is 0 Å². The lowest BCUT2D eigenvalue weighted by molar-refractivity contribution is 0.767. The fourth-order valence-corrected chi connectivity index (χ4v) is 8.85. The average Bonchev–Trinajstić information content (AvgIpc) is 3.82. The number of para-hydroxylation sites is 4. The number of hydrogen-bond donors (Lipinski definition) is 0. The molecule has 1 aliphatic rings. The molecule has 0 N–H and O–H groups in total. The molecule has 4 heterocycles. The van der Waals surface area contributed by atoms with Crippen LogP contribution in [-0.2, 0) is 5.41 Å². The third kappa shape index (κ3) is 3.79. The zero-order chi connectivity index (χ0) is 33.5. The van der Waals surface area contributed by atoms with Crippen molar-refractivity contribution in [3.8, 4) is 22.8 Å². The third-order valence-electron chi connectivity index (χ3n) is 10.9. The van der Waals surface area contributed by atoms with Gasteiger partial charge in [-0.15, -0.1) is 0 Å². The molecule has 0 saturated heterocycles. The van der Waals surface area contributed by atoms with Crippen molar-refractivity contribution in [2.24, 2.45) is 0 Å². The summed E-state index contributed by atoms with van der Waals surface area (Å²) in [6, 6.07) is 61.6. The molecule has 0 aliphatic heterocycles. The van der Waals surface area contributed by atoms with Gasteiger partial charge in [-0.2, -0.15) is 0 Å². The van der Waals surface area contributed by atoms with E-state index in [0.717, 1.165) is 33.9 Å². The van der Waals surface area contributed by atoms with E-state index in [1.165, 1.54) is 54.7 Å². The van der Waals surface area contributed by atoms with Gasteiger partial charge in [0.25, 0.3) is 0 Å².